The number of para-hydroxylation sites is 2. The van der Waals surface area contributed by atoms with Gasteiger partial charge in [-0.25, -0.2) is 15.0 Å². The molecule has 0 aliphatic rings. The summed E-state index contributed by atoms with van der Waals surface area (Å²) in [4.78, 5) is 15.5. The molecule has 12 rings (SSSR count). The summed E-state index contributed by atoms with van der Waals surface area (Å²) in [5, 5.41) is 4.55. The summed E-state index contributed by atoms with van der Waals surface area (Å²) >= 11 is 0. The van der Waals surface area contributed by atoms with Gasteiger partial charge in [0.05, 0.1) is 11.0 Å². The van der Waals surface area contributed by atoms with E-state index in [9.17, 15) is 0 Å². The Kier molecular flexibility index (Phi) is 8.42. The highest BCUT2D eigenvalue weighted by atomic mass is 16.3. The van der Waals surface area contributed by atoms with Crippen molar-refractivity contribution in [1.82, 2.24) is 19.5 Å². The van der Waals surface area contributed by atoms with Gasteiger partial charge in [0.2, 0.25) is 0 Å². The van der Waals surface area contributed by atoms with Crippen LogP contribution < -0.4 is 0 Å². The van der Waals surface area contributed by atoms with Crippen molar-refractivity contribution in [2.24, 2.45) is 0 Å². The molecule has 9 aromatic carbocycles. The van der Waals surface area contributed by atoms with E-state index in [4.69, 9.17) is 19.4 Å². The Morgan fingerprint density at radius 2 is 0.839 bits per heavy atom. The van der Waals surface area contributed by atoms with Crippen LogP contribution in [0.5, 0.6) is 0 Å². The number of hydrogen-bond donors (Lipinski definition) is 0. The molecule has 0 saturated carbocycles. The molecule has 0 amide bonds. The standard InChI is InChI=1S/C57H36N4O/c1-5-16-37(17-6-1)40-22-15-23-41(32-40)42-28-30-45(50(33-42)57-59-55(38-18-7-2-8-19-38)58-56(60-57)39-20-9-3-10-21-39)43-29-31-47-49-35-48-46-26-13-14-27-51(46)61(44-24-11-4-12-25-44)52(48)36-54(49)62-53(47)34-43/h1-36H. The van der Waals surface area contributed by atoms with Crippen LogP contribution in [0.25, 0.3) is 117 Å². The Hall–Kier alpha value is -8.41. The van der Waals surface area contributed by atoms with Crippen molar-refractivity contribution >= 4 is 43.7 Å². The van der Waals surface area contributed by atoms with Crippen molar-refractivity contribution in [1.29, 1.82) is 0 Å². The van der Waals surface area contributed by atoms with Crippen LogP contribution in [-0.4, -0.2) is 19.5 Å². The van der Waals surface area contributed by atoms with Crippen LogP contribution >= 0.6 is 0 Å². The van der Waals surface area contributed by atoms with Crippen molar-refractivity contribution in [3.63, 3.8) is 0 Å². The van der Waals surface area contributed by atoms with Crippen molar-refractivity contribution in [3.05, 3.63) is 218 Å². The van der Waals surface area contributed by atoms with E-state index in [1.165, 1.54) is 21.9 Å². The molecule has 12 aromatic rings. The molecule has 5 nitrogen and oxygen atoms in total. The highest BCUT2D eigenvalue weighted by Gasteiger charge is 2.20. The number of aromatic nitrogens is 4. The highest BCUT2D eigenvalue weighted by molar-refractivity contribution is 6.17. The van der Waals surface area contributed by atoms with E-state index in [0.717, 1.165) is 77.7 Å². The molecule has 0 unspecified atom stereocenters. The maximum atomic E-state index is 6.80. The second kappa shape index (κ2) is 14.7. The third-order valence-corrected chi connectivity index (χ3v) is 11.9. The van der Waals surface area contributed by atoms with Gasteiger partial charge in [-0.15, -0.1) is 0 Å². The van der Waals surface area contributed by atoms with E-state index in [1.54, 1.807) is 0 Å². The van der Waals surface area contributed by atoms with Gasteiger partial charge in [-0.3, -0.25) is 0 Å². The summed E-state index contributed by atoms with van der Waals surface area (Å²) < 4.78 is 9.13. The molecule has 290 valence electrons. The Bertz CT molecular complexity index is 3560. The number of nitrogens with zero attached hydrogens (tertiary/aromatic N) is 4. The fourth-order valence-corrected chi connectivity index (χ4v) is 8.86. The lowest BCUT2D eigenvalue weighted by Gasteiger charge is -2.14. The van der Waals surface area contributed by atoms with Gasteiger partial charge < -0.3 is 8.98 Å². The fraction of sp³-hybridized carbons (Fsp3) is 0. The first-order valence-electron chi connectivity index (χ1n) is 20.8. The van der Waals surface area contributed by atoms with Crippen molar-refractivity contribution in [2.45, 2.75) is 0 Å². The third-order valence-electron chi connectivity index (χ3n) is 11.9. The summed E-state index contributed by atoms with van der Waals surface area (Å²) in [6.07, 6.45) is 0. The molecule has 0 aliphatic heterocycles. The molecular formula is C57H36N4O. The SMILES string of the molecule is c1ccc(-c2cccc(-c3ccc(-c4ccc5c(c4)oc4cc6c(cc45)c4ccccc4n6-c4ccccc4)c(-c4nc(-c5ccccc5)nc(-c5ccccc5)n4)c3)c2)cc1. The minimum absolute atomic E-state index is 0.592. The first kappa shape index (κ1) is 35.5. The molecular weight excluding hydrogens is 757 g/mol. The topological polar surface area (TPSA) is 56.7 Å². The van der Waals surface area contributed by atoms with Gasteiger partial charge in [-0.2, -0.15) is 0 Å². The zero-order valence-electron chi connectivity index (χ0n) is 33.5. The molecule has 0 radical (unpaired) electrons. The molecule has 0 saturated heterocycles. The van der Waals surface area contributed by atoms with Crippen LogP contribution in [0.1, 0.15) is 0 Å². The van der Waals surface area contributed by atoms with Crippen molar-refractivity contribution in [2.75, 3.05) is 0 Å². The molecule has 5 heteroatoms. The third kappa shape index (κ3) is 6.14. The first-order valence-corrected chi connectivity index (χ1v) is 20.8. The van der Waals surface area contributed by atoms with Crippen LogP contribution in [0, 0.1) is 0 Å². The zero-order chi connectivity index (χ0) is 41.0. The average molecular weight is 793 g/mol. The van der Waals surface area contributed by atoms with Gasteiger partial charge in [0.25, 0.3) is 0 Å². The van der Waals surface area contributed by atoms with Gasteiger partial charge in [-0.1, -0.05) is 164 Å². The smallest absolute Gasteiger partial charge is 0.164 e. The van der Waals surface area contributed by atoms with Crippen LogP contribution in [-0.2, 0) is 0 Å². The predicted octanol–water partition coefficient (Wildman–Crippen LogP) is 14.9. The van der Waals surface area contributed by atoms with Crippen LogP contribution in [0.4, 0.5) is 0 Å². The lowest BCUT2D eigenvalue weighted by atomic mass is 9.92. The zero-order valence-corrected chi connectivity index (χ0v) is 33.5. The minimum Gasteiger partial charge on any atom is -0.456 e. The molecule has 0 atom stereocenters. The summed E-state index contributed by atoms with van der Waals surface area (Å²) in [6, 6.07) is 76.3. The Balaban J connectivity index is 1.06. The Morgan fingerprint density at radius 3 is 1.55 bits per heavy atom. The second-order valence-corrected chi connectivity index (χ2v) is 15.6. The molecule has 0 N–H and O–H groups in total. The first-order chi connectivity index (χ1) is 30.7. The summed E-state index contributed by atoms with van der Waals surface area (Å²) in [5.41, 5.74) is 14.3. The largest absolute Gasteiger partial charge is 0.456 e. The number of fused-ring (bicyclic) bond motifs is 6. The van der Waals surface area contributed by atoms with Crippen molar-refractivity contribution in [3.8, 4) is 73.2 Å². The fourth-order valence-electron chi connectivity index (χ4n) is 8.86. The summed E-state index contributed by atoms with van der Waals surface area (Å²) in [5.74, 6) is 1.82. The maximum Gasteiger partial charge on any atom is 0.164 e. The lowest BCUT2D eigenvalue weighted by Crippen LogP contribution is -2.01. The number of benzene rings is 9. The Labute approximate surface area is 357 Å². The quantitative estimate of drug-likeness (QED) is 0.161. The highest BCUT2D eigenvalue weighted by Crippen LogP contribution is 2.42. The molecule has 0 fully saturated rings. The molecule has 0 spiro atoms. The number of rotatable bonds is 7. The van der Waals surface area contributed by atoms with E-state index < -0.39 is 0 Å². The summed E-state index contributed by atoms with van der Waals surface area (Å²) in [7, 11) is 0. The van der Waals surface area contributed by atoms with Crippen LogP contribution in [0.2, 0.25) is 0 Å². The molecule has 0 aliphatic carbocycles. The second-order valence-electron chi connectivity index (χ2n) is 15.6. The van der Waals surface area contributed by atoms with E-state index in [0.29, 0.717) is 17.5 Å². The Morgan fingerprint density at radius 1 is 0.290 bits per heavy atom. The van der Waals surface area contributed by atoms with E-state index >= 15 is 0 Å². The predicted molar refractivity (Wildman–Crippen MR) is 254 cm³/mol. The van der Waals surface area contributed by atoms with Gasteiger partial charge >= 0.3 is 0 Å². The summed E-state index contributed by atoms with van der Waals surface area (Å²) in [6.45, 7) is 0. The van der Waals surface area contributed by atoms with Crippen molar-refractivity contribution < 1.29 is 4.42 Å². The van der Waals surface area contributed by atoms with Gasteiger partial charge in [0.15, 0.2) is 17.5 Å². The van der Waals surface area contributed by atoms with Gasteiger partial charge in [0, 0.05) is 50.0 Å². The van der Waals surface area contributed by atoms with Crippen LogP contribution in [0.3, 0.4) is 0 Å². The normalized spacial score (nSPS) is 11.5. The molecule has 3 aromatic heterocycles. The van der Waals surface area contributed by atoms with E-state index in [1.807, 2.05) is 66.7 Å². The maximum absolute atomic E-state index is 6.80. The van der Waals surface area contributed by atoms with Gasteiger partial charge in [-0.05, 0) is 81.9 Å². The van der Waals surface area contributed by atoms with E-state index in [-0.39, 0.29) is 0 Å². The minimum atomic E-state index is 0.592. The van der Waals surface area contributed by atoms with Gasteiger partial charge in [0.1, 0.15) is 11.2 Å². The monoisotopic (exact) mass is 792 g/mol. The molecule has 0 bridgehead atoms. The number of furan rings is 1. The molecule has 62 heavy (non-hydrogen) atoms. The lowest BCUT2D eigenvalue weighted by molar-refractivity contribution is 0.669. The molecule has 3 heterocycles. The van der Waals surface area contributed by atoms with Crippen LogP contribution in [0.15, 0.2) is 223 Å². The number of hydrogen-bond acceptors (Lipinski definition) is 4. The average Bonchev–Trinajstić information content (AvgIpc) is 3.88. The van der Waals surface area contributed by atoms with E-state index in [2.05, 4.69) is 156 Å².